The van der Waals surface area contributed by atoms with Gasteiger partial charge in [0.15, 0.2) is 11.5 Å². The minimum Gasteiger partial charge on any atom is -0.453 e. The maximum absolute atomic E-state index is 6.53. The van der Waals surface area contributed by atoms with Crippen LogP contribution in [-0.2, 0) is 0 Å². The molecule has 2 aliphatic heterocycles. The topological polar surface area (TPSA) is 53.8 Å². The van der Waals surface area contributed by atoms with E-state index in [1.54, 1.807) is 0 Å². The number of nitrogens with two attached hydrogens (primary N) is 1. The number of ether oxygens (including phenoxy) is 1. The number of nitrogens with one attached hydrogen (secondary N) is 1. The molecule has 6 aromatic rings. The van der Waals surface area contributed by atoms with Gasteiger partial charge >= 0.3 is 0 Å². The SMILES string of the molecule is N/C(=C\Nc1ccc(N2c3ccccc3Sc3ccccc32)cc1)c1ccc(N2c3ccccc3Oc3ccccc32)cc1. The Labute approximate surface area is 260 Å². The average molecular weight is 589 g/mol. The van der Waals surface area contributed by atoms with E-state index in [9.17, 15) is 0 Å². The quantitative estimate of drug-likeness (QED) is 0.209. The Morgan fingerprint density at radius 2 is 1.00 bits per heavy atom. The second-order valence-corrected chi connectivity index (χ2v) is 11.7. The highest BCUT2D eigenvalue weighted by Gasteiger charge is 2.26. The van der Waals surface area contributed by atoms with E-state index in [0.717, 1.165) is 45.5 Å². The molecule has 0 aliphatic carbocycles. The van der Waals surface area contributed by atoms with Crippen LogP contribution >= 0.6 is 11.8 Å². The van der Waals surface area contributed by atoms with Crippen molar-refractivity contribution in [2.75, 3.05) is 15.1 Å². The van der Waals surface area contributed by atoms with Crippen molar-refractivity contribution < 1.29 is 4.74 Å². The van der Waals surface area contributed by atoms with E-state index in [1.165, 1.54) is 21.2 Å². The zero-order valence-corrected chi connectivity index (χ0v) is 24.5. The van der Waals surface area contributed by atoms with E-state index in [4.69, 9.17) is 10.5 Å². The monoisotopic (exact) mass is 588 g/mol. The Kier molecular flexibility index (Phi) is 6.47. The second-order valence-electron chi connectivity index (χ2n) is 10.6. The van der Waals surface area contributed by atoms with Gasteiger partial charge in [-0.15, -0.1) is 0 Å². The predicted molar refractivity (Wildman–Crippen MR) is 182 cm³/mol. The Morgan fingerprint density at radius 3 is 1.57 bits per heavy atom. The summed E-state index contributed by atoms with van der Waals surface area (Å²) in [5.41, 5.74) is 15.6. The fraction of sp³-hybridized carbons (Fsp3) is 0. The zero-order chi connectivity index (χ0) is 29.5. The first-order valence-corrected chi connectivity index (χ1v) is 15.3. The van der Waals surface area contributed by atoms with E-state index in [0.29, 0.717) is 5.70 Å². The van der Waals surface area contributed by atoms with Gasteiger partial charge < -0.3 is 25.6 Å². The summed E-state index contributed by atoms with van der Waals surface area (Å²) >= 11 is 1.81. The number of hydrogen-bond acceptors (Lipinski definition) is 6. The van der Waals surface area contributed by atoms with E-state index < -0.39 is 0 Å². The first-order chi connectivity index (χ1) is 21.7. The van der Waals surface area contributed by atoms with E-state index >= 15 is 0 Å². The molecule has 5 nitrogen and oxygen atoms in total. The summed E-state index contributed by atoms with van der Waals surface area (Å²) in [7, 11) is 0. The van der Waals surface area contributed by atoms with Crippen LogP contribution in [0.15, 0.2) is 162 Å². The molecule has 0 saturated carbocycles. The molecule has 6 aromatic carbocycles. The summed E-state index contributed by atoms with van der Waals surface area (Å²) < 4.78 is 6.16. The molecule has 0 radical (unpaired) electrons. The Hall–Kier alpha value is -5.59. The smallest absolute Gasteiger partial charge is 0.151 e. The molecule has 0 fully saturated rings. The van der Waals surface area contributed by atoms with Gasteiger partial charge in [0, 0.05) is 33.1 Å². The van der Waals surface area contributed by atoms with E-state index in [2.05, 4.69) is 124 Å². The van der Waals surface area contributed by atoms with Crippen molar-refractivity contribution in [3.05, 3.63) is 157 Å². The van der Waals surface area contributed by atoms with Gasteiger partial charge in [0.05, 0.1) is 28.4 Å². The lowest BCUT2D eigenvalue weighted by Crippen LogP contribution is -2.15. The molecule has 0 aromatic heterocycles. The standard InChI is InChI=1S/C38H28N4OS/c39-30(26-17-21-28(22-18-26)41-31-9-1-5-13-35(31)43-36-14-6-2-10-32(36)41)25-40-27-19-23-29(24-20-27)42-33-11-3-7-15-37(33)44-38-16-8-4-12-34(38)42/h1-25,40H,39H2/b30-25-. The molecule has 2 aliphatic rings. The largest absolute Gasteiger partial charge is 0.453 e. The van der Waals surface area contributed by atoms with Crippen LogP contribution in [0.25, 0.3) is 5.70 Å². The van der Waals surface area contributed by atoms with Gasteiger partial charge in [-0.3, -0.25) is 0 Å². The molecule has 212 valence electrons. The molecule has 0 amide bonds. The van der Waals surface area contributed by atoms with Crippen LogP contribution in [-0.4, -0.2) is 0 Å². The summed E-state index contributed by atoms with van der Waals surface area (Å²) in [4.78, 5) is 7.03. The normalized spacial score (nSPS) is 13.2. The molecule has 2 heterocycles. The molecule has 0 saturated heterocycles. The maximum Gasteiger partial charge on any atom is 0.151 e. The van der Waals surface area contributed by atoms with Crippen LogP contribution in [0, 0.1) is 0 Å². The first-order valence-electron chi connectivity index (χ1n) is 14.5. The summed E-state index contributed by atoms with van der Waals surface area (Å²) in [5, 5.41) is 3.38. The highest BCUT2D eigenvalue weighted by Crippen LogP contribution is 2.52. The third-order valence-electron chi connectivity index (χ3n) is 7.84. The highest BCUT2D eigenvalue weighted by atomic mass is 32.2. The van der Waals surface area contributed by atoms with Crippen molar-refractivity contribution in [2.45, 2.75) is 9.79 Å². The number of nitrogens with zero attached hydrogens (tertiary/aromatic N) is 2. The van der Waals surface area contributed by atoms with Gasteiger partial charge in [0.2, 0.25) is 0 Å². The number of hydrogen-bond donors (Lipinski definition) is 2. The van der Waals surface area contributed by atoms with E-state index in [-0.39, 0.29) is 0 Å². The van der Waals surface area contributed by atoms with Gasteiger partial charge in [-0.2, -0.15) is 0 Å². The van der Waals surface area contributed by atoms with Crippen molar-refractivity contribution in [3.8, 4) is 11.5 Å². The lowest BCUT2D eigenvalue weighted by Gasteiger charge is -2.32. The minimum atomic E-state index is 0.652. The zero-order valence-electron chi connectivity index (χ0n) is 23.7. The molecule has 0 spiro atoms. The van der Waals surface area contributed by atoms with Crippen molar-refractivity contribution >= 4 is 57.3 Å². The third kappa shape index (κ3) is 4.62. The maximum atomic E-state index is 6.53. The fourth-order valence-corrected chi connectivity index (χ4v) is 6.78. The van der Waals surface area contributed by atoms with Crippen molar-refractivity contribution in [1.82, 2.24) is 0 Å². The van der Waals surface area contributed by atoms with Crippen LogP contribution in [0.4, 0.5) is 39.8 Å². The van der Waals surface area contributed by atoms with Crippen LogP contribution in [0.3, 0.4) is 0 Å². The molecule has 3 N–H and O–H groups in total. The van der Waals surface area contributed by atoms with Crippen molar-refractivity contribution in [1.29, 1.82) is 0 Å². The third-order valence-corrected chi connectivity index (χ3v) is 8.97. The lowest BCUT2D eigenvalue weighted by atomic mass is 10.1. The number of fused-ring (bicyclic) bond motifs is 4. The highest BCUT2D eigenvalue weighted by molar-refractivity contribution is 7.99. The summed E-state index contributed by atoms with van der Waals surface area (Å²) in [6.45, 7) is 0. The number of rotatable bonds is 5. The first kappa shape index (κ1) is 26.1. The van der Waals surface area contributed by atoms with Crippen LogP contribution in [0.2, 0.25) is 0 Å². The Bertz CT molecular complexity index is 1930. The number of anilines is 7. The molecule has 0 atom stereocenters. The van der Waals surface area contributed by atoms with Crippen LogP contribution < -0.4 is 25.6 Å². The Morgan fingerprint density at radius 1 is 0.545 bits per heavy atom. The predicted octanol–water partition coefficient (Wildman–Crippen LogP) is 10.6. The molecular weight excluding hydrogens is 561 g/mol. The van der Waals surface area contributed by atoms with Crippen LogP contribution in [0.1, 0.15) is 5.56 Å². The van der Waals surface area contributed by atoms with Gasteiger partial charge in [-0.05, 0) is 90.5 Å². The molecule has 0 unspecified atom stereocenters. The molecule has 44 heavy (non-hydrogen) atoms. The minimum absolute atomic E-state index is 0.652. The molecule has 6 heteroatoms. The van der Waals surface area contributed by atoms with Gasteiger partial charge in [-0.1, -0.05) is 72.4 Å². The molecule has 8 rings (SSSR count). The Balaban J connectivity index is 1.02. The van der Waals surface area contributed by atoms with Gasteiger partial charge in [0.25, 0.3) is 0 Å². The van der Waals surface area contributed by atoms with Crippen LogP contribution in [0.5, 0.6) is 11.5 Å². The van der Waals surface area contributed by atoms with E-state index in [1.807, 2.05) is 54.4 Å². The van der Waals surface area contributed by atoms with Crippen molar-refractivity contribution in [3.63, 3.8) is 0 Å². The summed E-state index contributed by atoms with van der Waals surface area (Å²) in [6, 6.07) is 50.0. The number of para-hydroxylation sites is 6. The number of benzene rings is 6. The average Bonchev–Trinajstić information content (AvgIpc) is 3.09. The molecular formula is C38H28N4OS. The second kappa shape index (κ2) is 10.9. The summed E-state index contributed by atoms with van der Waals surface area (Å²) in [5.74, 6) is 1.66. The summed E-state index contributed by atoms with van der Waals surface area (Å²) in [6.07, 6.45) is 1.85. The lowest BCUT2D eigenvalue weighted by molar-refractivity contribution is 0.477. The van der Waals surface area contributed by atoms with Gasteiger partial charge in [-0.25, -0.2) is 0 Å². The fourth-order valence-electron chi connectivity index (χ4n) is 5.72. The van der Waals surface area contributed by atoms with Gasteiger partial charge in [0.1, 0.15) is 0 Å². The molecule has 0 bridgehead atoms. The van der Waals surface area contributed by atoms with Crippen molar-refractivity contribution in [2.24, 2.45) is 5.73 Å².